The Morgan fingerprint density at radius 3 is 2.38 bits per heavy atom. The highest BCUT2D eigenvalue weighted by atomic mass is 19.1. The van der Waals surface area contributed by atoms with E-state index >= 15 is 0 Å². The maximum absolute atomic E-state index is 13.9. The van der Waals surface area contributed by atoms with Crippen LogP contribution in [0.15, 0.2) is 48.5 Å². The quantitative estimate of drug-likeness (QED) is 0.901. The molecule has 3 rings (SSSR count). The summed E-state index contributed by atoms with van der Waals surface area (Å²) in [5, 5.41) is 2.92. The Kier molecular flexibility index (Phi) is 5.61. The van der Waals surface area contributed by atoms with Gasteiger partial charge in [0.05, 0.1) is 17.5 Å². The topological polar surface area (TPSA) is 44.8 Å². The minimum absolute atomic E-state index is 0.0253. The van der Waals surface area contributed by atoms with Gasteiger partial charge in [0.25, 0.3) is 0 Å². The predicted molar refractivity (Wildman–Crippen MR) is 101 cm³/mol. The van der Waals surface area contributed by atoms with Crippen LogP contribution in [0.3, 0.4) is 0 Å². The van der Waals surface area contributed by atoms with Crippen molar-refractivity contribution in [2.75, 3.05) is 36.4 Å². The molecule has 6 heteroatoms. The zero-order valence-corrected chi connectivity index (χ0v) is 15.1. The molecule has 2 aromatic carbocycles. The third kappa shape index (κ3) is 4.25. The molecular formula is C20H24FN3O2. The summed E-state index contributed by atoms with van der Waals surface area (Å²) < 4.78 is 19.7. The second-order valence-corrected chi connectivity index (χ2v) is 6.52. The molecule has 26 heavy (non-hydrogen) atoms. The Bertz CT molecular complexity index is 758. The van der Waals surface area contributed by atoms with Crippen LogP contribution >= 0.6 is 0 Å². The lowest BCUT2D eigenvalue weighted by Crippen LogP contribution is -2.50. The number of amides is 2. The molecule has 0 bridgehead atoms. The van der Waals surface area contributed by atoms with Gasteiger partial charge in [0.2, 0.25) is 0 Å². The number of hydrogen-bond donors (Lipinski definition) is 1. The average Bonchev–Trinajstić information content (AvgIpc) is 2.63. The van der Waals surface area contributed by atoms with Crippen molar-refractivity contribution in [3.8, 4) is 5.75 Å². The standard InChI is InChI=1S/C20H24FN3O2/c1-15(2)26-19-10-6-4-8-17(19)22-20(25)24-13-11-23(12-14-24)18-9-5-3-7-16(18)21/h3-10,15H,11-14H2,1-2H3,(H,22,25). The Morgan fingerprint density at radius 1 is 1.04 bits per heavy atom. The van der Waals surface area contributed by atoms with Crippen molar-refractivity contribution < 1.29 is 13.9 Å². The van der Waals surface area contributed by atoms with Gasteiger partial charge in [0.15, 0.2) is 0 Å². The second kappa shape index (κ2) is 8.08. The molecule has 2 amide bonds. The number of carbonyl (C=O) groups is 1. The zero-order chi connectivity index (χ0) is 18.5. The number of halogens is 1. The summed E-state index contributed by atoms with van der Waals surface area (Å²) in [6.45, 7) is 6.15. The number of rotatable bonds is 4. The fourth-order valence-electron chi connectivity index (χ4n) is 2.98. The Balaban J connectivity index is 1.60. The van der Waals surface area contributed by atoms with Crippen LogP contribution in [0, 0.1) is 5.82 Å². The van der Waals surface area contributed by atoms with E-state index < -0.39 is 0 Å². The molecule has 0 radical (unpaired) electrons. The van der Waals surface area contributed by atoms with Gasteiger partial charge >= 0.3 is 6.03 Å². The van der Waals surface area contributed by atoms with E-state index in [9.17, 15) is 9.18 Å². The Morgan fingerprint density at radius 2 is 1.69 bits per heavy atom. The number of anilines is 2. The van der Waals surface area contributed by atoms with Crippen LogP contribution in [0.4, 0.5) is 20.6 Å². The van der Waals surface area contributed by atoms with Crippen LogP contribution in [0.2, 0.25) is 0 Å². The van der Waals surface area contributed by atoms with Crippen LogP contribution in [-0.2, 0) is 0 Å². The molecule has 1 heterocycles. The van der Waals surface area contributed by atoms with Crippen molar-refractivity contribution in [1.29, 1.82) is 0 Å². The molecule has 0 atom stereocenters. The van der Waals surface area contributed by atoms with Crippen molar-refractivity contribution in [2.45, 2.75) is 20.0 Å². The van der Waals surface area contributed by atoms with Gasteiger partial charge in [-0.2, -0.15) is 0 Å². The molecule has 2 aromatic rings. The van der Waals surface area contributed by atoms with E-state index in [4.69, 9.17) is 4.74 Å². The van der Waals surface area contributed by atoms with Crippen molar-refractivity contribution in [2.24, 2.45) is 0 Å². The lowest BCUT2D eigenvalue weighted by Gasteiger charge is -2.36. The number of ether oxygens (including phenoxy) is 1. The lowest BCUT2D eigenvalue weighted by molar-refractivity contribution is 0.207. The third-order valence-electron chi connectivity index (χ3n) is 4.25. The van der Waals surface area contributed by atoms with E-state index in [0.29, 0.717) is 43.3 Å². The molecule has 0 aromatic heterocycles. The first-order valence-corrected chi connectivity index (χ1v) is 8.85. The first kappa shape index (κ1) is 18.0. The minimum atomic E-state index is -0.231. The first-order valence-electron chi connectivity index (χ1n) is 8.85. The molecule has 0 unspecified atom stereocenters. The summed E-state index contributed by atoms with van der Waals surface area (Å²) in [4.78, 5) is 16.3. The maximum atomic E-state index is 13.9. The van der Waals surface area contributed by atoms with Crippen molar-refractivity contribution in [1.82, 2.24) is 4.90 Å². The number of piperazine rings is 1. The number of hydrogen-bond acceptors (Lipinski definition) is 3. The van der Waals surface area contributed by atoms with E-state index in [-0.39, 0.29) is 18.0 Å². The normalized spacial score (nSPS) is 14.5. The molecule has 1 N–H and O–H groups in total. The van der Waals surface area contributed by atoms with E-state index in [1.807, 2.05) is 49.1 Å². The molecule has 0 saturated carbocycles. The fourth-order valence-corrected chi connectivity index (χ4v) is 2.98. The van der Waals surface area contributed by atoms with E-state index in [0.717, 1.165) is 0 Å². The SMILES string of the molecule is CC(C)Oc1ccccc1NC(=O)N1CCN(c2ccccc2F)CC1. The number of benzene rings is 2. The minimum Gasteiger partial charge on any atom is -0.489 e. The summed E-state index contributed by atoms with van der Waals surface area (Å²) in [6.07, 6.45) is 0.0253. The number of nitrogens with one attached hydrogen (secondary N) is 1. The number of carbonyl (C=O) groups excluding carboxylic acids is 1. The van der Waals surface area contributed by atoms with Crippen LogP contribution in [0.5, 0.6) is 5.75 Å². The fraction of sp³-hybridized carbons (Fsp3) is 0.350. The zero-order valence-electron chi connectivity index (χ0n) is 15.1. The largest absolute Gasteiger partial charge is 0.489 e. The predicted octanol–water partition coefficient (Wildman–Crippen LogP) is 3.97. The van der Waals surface area contributed by atoms with Gasteiger partial charge < -0.3 is 19.9 Å². The number of para-hydroxylation sites is 3. The molecule has 1 aliphatic rings. The van der Waals surface area contributed by atoms with E-state index in [1.54, 1.807) is 17.0 Å². The molecule has 1 fully saturated rings. The van der Waals surface area contributed by atoms with Crippen LogP contribution < -0.4 is 15.0 Å². The summed E-state index contributed by atoms with van der Waals surface area (Å²) in [5.74, 6) is 0.422. The highest BCUT2D eigenvalue weighted by molar-refractivity contribution is 5.91. The summed E-state index contributed by atoms with van der Waals surface area (Å²) >= 11 is 0. The van der Waals surface area contributed by atoms with Gasteiger partial charge in [-0.3, -0.25) is 0 Å². The van der Waals surface area contributed by atoms with Crippen molar-refractivity contribution >= 4 is 17.4 Å². The molecule has 1 aliphatic heterocycles. The molecular weight excluding hydrogens is 333 g/mol. The highest BCUT2D eigenvalue weighted by Crippen LogP contribution is 2.26. The lowest BCUT2D eigenvalue weighted by atomic mass is 10.2. The van der Waals surface area contributed by atoms with E-state index in [1.165, 1.54) is 6.07 Å². The molecule has 1 saturated heterocycles. The molecule has 0 aliphatic carbocycles. The Labute approximate surface area is 153 Å². The van der Waals surface area contributed by atoms with Crippen LogP contribution in [-0.4, -0.2) is 43.2 Å². The van der Waals surface area contributed by atoms with Gasteiger partial charge in [-0.1, -0.05) is 24.3 Å². The van der Waals surface area contributed by atoms with Crippen LogP contribution in [0.1, 0.15) is 13.8 Å². The number of nitrogens with zero attached hydrogens (tertiary/aromatic N) is 2. The highest BCUT2D eigenvalue weighted by Gasteiger charge is 2.23. The van der Waals surface area contributed by atoms with Crippen molar-refractivity contribution in [3.05, 3.63) is 54.3 Å². The summed E-state index contributed by atoms with van der Waals surface area (Å²) in [6, 6.07) is 14.0. The van der Waals surface area contributed by atoms with Gasteiger partial charge in [0, 0.05) is 26.2 Å². The summed E-state index contributed by atoms with van der Waals surface area (Å²) in [7, 11) is 0. The van der Waals surface area contributed by atoms with Gasteiger partial charge in [-0.15, -0.1) is 0 Å². The van der Waals surface area contributed by atoms with Crippen molar-refractivity contribution in [3.63, 3.8) is 0 Å². The maximum Gasteiger partial charge on any atom is 0.322 e. The third-order valence-corrected chi connectivity index (χ3v) is 4.25. The molecule has 138 valence electrons. The Hall–Kier alpha value is -2.76. The monoisotopic (exact) mass is 357 g/mol. The molecule has 0 spiro atoms. The van der Waals surface area contributed by atoms with Gasteiger partial charge in [0.1, 0.15) is 11.6 Å². The van der Waals surface area contributed by atoms with E-state index in [2.05, 4.69) is 5.32 Å². The van der Waals surface area contributed by atoms with Gasteiger partial charge in [-0.05, 0) is 38.1 Å². The summed E-state index contributed by atoms with van der Waals surface area (Å²) in [5.41, 5.74) is 1.24. The average molecular weight is 357 g/mol. The molecule has 5 nitrogen and oxygen atoms in total. The second-order valence-electron chi connectivity index (χ2n) is 6.52. The first-order chi connectivity index (χ1) is 12.5. The van der Waals surface area contributed by atoms with Crippen LogP contribution in [0.25, 0.3) is 0 Å². The number of urea groups is 1. The smallest absolute Gasteiger partial charge is 0.322 e. The van der Waals surface area contributed by atoms with Gasteiger partial charge in [-0.25, -0.2) is 9.18 Å².